The van der Waals surface area contributed by atoms with E-state index in [1.54, 1.807) is 17.0 Å². The van der Waals surface area contributed by atoms with E-state index in [9.17, 15) is 14.0 Å². The molecule has 1 fully saturated rings. The minimum absolute atomic E-state index is 0.0383. The molecular weight excluding hydrogens is 337 g/mol. The summed E-state index contributed by atoms with van der Waals surface area (Å²) in [6.07, 6.45) is 1.45. The summed E-state index contributed by atoms with van der Waals surface area (Å²) in [5.74, 6) is 0.0147. The van der Waals surface area contributed by atoms with Gasteiger partial charge in [-0.25, -0.2) is 4.39 Å². The molecule has 3 rings (SSSR count). The third-order valence-electron chi connectivity index (χ3n) is 4.54. The van der Waals surface area contributed by atoms with E-state index in [2.05, 4.69) is 10.5 Å². The zero-order valence-electron chi connectivity index (χ0n) is 14.7. The standard InChI is InChI=1S/C19H22FN3O3/c1-13-9-17(26-22-13)11-21-19(25)15-5-6-18(24)23(12-15)8-7-14-3-2-4-16(20)10-14/h2-4,9-10,15H,5-8,11-12H2,1H3,(H,21,25)/t15-/m0/s1. The molecule has 138 valence electrons. The highest BCUT2D eigenvalue weighted by Crippen LogP contribution is 2.19. The zero-order chi connectivity index (χ0) is 18.5. The molecule has 0 unspecified atom stereocenters. The Bertz CT molecular complexity index is 790. The van der Waals surface area contributed by atoms with Gasteiger partial charge in [0.05, 0.1) is 18.2 Å². The van der Waals surface area contributed by atoms with Crippen LogP contribution in [0.5, 0.6) is 0 Å². The number of halogens is 1. The predicted molar refractivity (Wildman–Crippen MR) is 92.5 cm³/mol. The van der Waals surface area contributed by atoms with Crippen LogP contribution in [-0.2, 0) is 22.6 Å². The van der Waals surface area contributed by atoms with E-state index in [1.807, 2.05) is 13.0 Å². The molecule has 26 heavy (non-hydrogen) atoms. The molecule has 1 aliphatic rings. The molecule has 7 heteroatoms. The Balaban J connectivity index is 1.51. The van der Waals surface area contributed by atoms with E-state index in [0.717, 1.165) is 11.3 Å². The summed E-state index contributed by atoms with van der Waals surface area (Å²) in [5, 5.41) is 6.62. The van der Waals surface area contributed by atoms with Crippen LogP contribution in [-0.4, -0.2) is 35.0 Å². The highest BCUT2D eigenvalue weighted by Gasteiger charge is 2.30. The maximum atomic E-state index is 13.3. The minimum Gasteiger partial charge on any atom is -0.359 e. The Hall–Kier alpha value is -2.70. The first-order chi connectivity index (χ1) is 12.5. The summed E-state index contributed by atoms with van der Waals surface area (Å²) in [5.41, 5.74) is 1.60. The number of carbonyl (C=O) groups excluding carboxylic acids is 2. The average Bonchev–Trinajstić information content (AvgIpc) is 3.04. The first-order valence-corrected chi connectivity index (χ1v) is 8.73. The number of likely N-dealkylation sites (tertiary alicyclic amines) is 1. The topological polar surface area (TPSA) is 75.4 Å². The molecule has 0 saturated carbocycles. The molecule has 1 aliphatic heterocycles. The van der Waals surface area contributed by atoms with Crippen molar-refractivity contribution in [2.24, 2.45) is 5.92 Å². The SMILES string of the molecule is Cc1cc(CNC(=O)[C@H]2CCC(=O)N(CCc3cccc(F)c3)C2)on1. The van der Waals surface area contributed by atoms with E-state index >= 15 is 0 Å². The molecule has 0 radical (unpaired) electrons. The monoisotopic (exact) mass is 359 g/mol. The number of hydrogen-bond donors (Lipinski definition) is 1. The predicted octanol–water partition coefficient (Wildman–Crippen LogP) is 2.22. The summed E-state index contributed by atoms with van der Waals surface area (Å²) in [4.78, 5) is 26.2. The van der Waals surface area contributed by atoms with Gasteiger partial charge in [0.15, 0.2) is 5.76 Å². The van der Waals surface area contributed by atoms with Crippen LogP contribution in [0.3, 0.4) is 0 Å². The largest absolute Gasteiger partial charge is 0.359 e. The molecule has 0 spiro atoms. The van der Waals surface area contributed by atoms with Gasteiger partial charge in [-0.05, 0) is 37.5 Å². The third kappa shape index (κ3) is 4.68. The van der Waals surface area contributed by atoms with E-state index in [0.29, 0.717) is 38.1 Å². The first-order valence-electron chi connectivity index (χ1n) is 8.73. The Morgan fingerprint density at radius 2 is 2.27 bits per heavy atom. The van der Waals surface area contributed by atoms with Gasteiger partial charge >= 0.3 is 0 Å². The maximum absolute atomic E-state index is 13.3. The van der Waals surface area contributed by atoms with Crippen molar-refractivity contribution in [3.8, 4) is 0 Å². The number of nitrogens with one attached hydrogen (secondary N) is 1. The number of aryl methyl sites for hydroxylation is 1. The van der Waals surface area contributed by atoms with Gasteiger partial charge in [0, 0.05) is 25.6 Å². The quantitative estimate of drug-likeness (QED) is 0.858. The van der Waals surface area contributed by atoms with E-state index < -0.39 is 0 Å². The fourth-order valence-electron chi connectivity index (χ4n) is 3.12. The zero-order valence-corrected chi connectivity index (χ0v) is 14.7. The second-order valence-electron chi connectivity index (χ2n) is 6.61. The lowest BCUT2D eigenvalue weighted by molar-refractivity contribution is -0.138. The molecule has 2 heterocycles. The summed E-state index contributed by atoms with van der Waals surface area (Å²) in [6, 6.07) is 8.13. The first kappa shape index (κ1) is 18.1. The Morgan fingerprint density at radius 3 is 3.00 bits per heavy atom. The molecule has 6 nitrogen and oxygen atoms in total. The number of amides is 2. The van der Waals surface area contributed by atoms with Crippen LogP contribution in [0.25, 0.3) is 0 Å². The van der Waals surface area contributed by atoms with Crippen LogP contribution in [0.4, 0.5) is 4.39 Å². The van der Waals surface area contributed by atoms with Gasteiger partial charge in [-0.3, -0.25) is 9.59 Å². The van der Waals surface area contributed by atoms with Crippen molar-refractivity contribution in [2.75, 3.05) is 13.1 Å². The fraction of sp³-hybridized carbons (Fsp3) is 0.421. The minimum atomic E-state index is -0.285. The van der Waals surface area contributed by atoms with Crippen LogP contribution in [0.2, 0.25) is 0 Å². The van der Waals surface area contributed by atoms with Gasteiger partial charge in [0.1, 0.15) is 5.82 Å². The molecular formula is C19H22FN3O3. The van der Waals surface area contributed by atoms with E-state index in [1.165, 1.54) is 12.1 Å². The Kier molecular flexibility index (Phi) is 5.65. The van der Waals surface area contributed by atoms with Crippen molar-refractivity contribution in [2.45, 2.75) is 32.7 Å². The van der Waals surface area contributed by atoms with Crippen molar-refractivity contribution in [3.05, 3.63) is 53.2 Å². The van der Waals surface area contributed by atoms with Gasteiger partial charge < -0.3 is 14.7 Å². The van der Waals surface area contributed by atoms with Gasteiger partial charge in [0.2, 0.25) is 11.8 Å². The molecule has 1 saturated heterocycles. The van der Waals surface area contributed by atoms with Gasteiger partial charge in [0.25, 0.3) is 0 Å². The summed E-state index contributed by atoms with van der Waals surface area (Å²) in [7, 11) is 0. The second-order valence-corrected chi connectivity index (χ2v) is 6.61. The summed E-state index contributed by atoms with van der Waals surface area (Å²) >= 11 is 0. The van der Waals surface area contributed by atoms with Crippen LogP contribution in [0, 0.1) is 18.7 Å². The van der Waals surface area contributed by atoms with Crippen LogP contribution in [0.1, 0.15) is 29.9 Å². The maximum Gasteiger partial charge on any atom is 0.225 e. The van der Waals surface area contributed by atoms with E-state index in [4.69, 9.17) is 4.52 Å². The van der Waals surface area contributed by atoms with E-state index in [-0.39, 0.29) is 30.1 Å². The number of carbonyl (C=O) groups is 2. The van der Waals surface area contributed by atoms with Gasteiger partial charge in [-0.15, -0.1) is 0 Å². The normalized spacial score (nSPS) is 17.4. The van der Waals surface area contributed by atoms with Gasteiger partial charge in [-0.2, -0.15) is 0 Å². The lowest BCUT2D eigenvalue weighted by atomic mass is 9.96. The number of benzene rings is 1. The fourth-order valence-corrected chi connectivity index (χ4v) is 3.12. The molecule has 0 aliphatic carbocycles. The smallest absolute Gasteiger partial charge is 0.225 e. The lowest BCUT2D eigenvalue weighted by Crippen LogP contribution is -2.46. The highest BCUT2D eigenvalue weighted by molar-refractivity contribution is 5.83. The van der Waals surface area contributed by atoms with Crippen molar-refractivity contribution in [3.63, 3.8) is 0 Å². The average molecular weight is 359 g/mol. The number of rotatable bonds is 6. The number of piperidine rings is 1. The van der Waals surface area contributed by atoms with Crippen molar-refractivity contribution in [1.82, 2.24) is 15.4 Å². The molecule has 1 atom stereocenters. The van der Waals surface area contributed by atoms with Crippen LogP contribution < -0.4 is 5.32 Å². The number of hydrogen-bond acceptors (Lipinski definition) is 4. The van der Waals surface area contributed by atoms with Crippen molar-refractivity contribution >= 4 is 11.8 Å². The molecule has 1 N–H and O–H groups in total. The molecule has 2 aromatic rings. The summed E-state index contributed by atoms with van der Waals surface area (Å²) in [6.45, 7) is 2.97. The molecule has 1 aromatic carbocycles. The second kappa shape index (κ2) is 8.12. The van der Waals surface area contributed by atoms with Crippen LogP contribution >= 0.6 is 0 Å². The van der Waals surface area contributed by atoms with Gasteiger partial charge in [-0.1, -0.05) is 17.3 Å². The number of aromatic nitrogens is 1. The highest BCUT2D eigenvalue weighted by atomic mass is 19.1. The molecule has 1 aromatic heterocycles. The Morgan fingerprint density at radius 1 is 1.42 bits per heavy atom. The summed E-state index contributed by atoms with van der Waals surface area (Å²) < 4.78 is 18.3. The molecule has 2 amide bonds. The third-order valence-corrected chi connectivity index (χ3v) is 4.54. The van der Waals surface area contributed by atoms with Crippen molar-refractivity contribution < 1.29 is 18.5 Å². The lowest BCUT2D eigenvalue weighted by Gasteiger charge is -2.32. The van der Waals surface area contributed by atoms with Crippen LogP contribution in [0.15, 0.2) is 34.9 Å². The Labute approximate surface area is 151 Å². The molecule has 0 bridgehead atoms. The number of nitrogens with zero attached hydrogens (tertiary/aromatic N) is 2. The van der Waals surface area contributed by atoms with Crippen molar-refractivity contribution in [1.29, 1.82) is 0 Å².